The van der Waals surface area contributed by atoms with Gasteiger partial charge in [-0.15, -0.1) is 0 Å². The Labute approximate surface area is 244 Å². The van der Waals surface area contributed by atoms with Crippen LogP contribution in [-0.4, -0.2) is 9.97 Å². The average molecular weight is 535 g/mol. The predicted octanol–water partition coefficient (Wildman–Crippen LogP) is 10.6. The summed E-state index contributed by atoms with van der Waals surface area (Å²) in [5, 5.41) is 7.37. The molecule has 0 radical (unpaired) electrons. The Bertz CT molecular complexity index is 2220. The molecule has 0 spiro atoms. The van der Waals surface area contributed by atoms with E-state index in [0.29, 0.717) is 0 Å². The Morgan fingerprint density at radius 3 is 1.57 bits per heavy atom. The minimum Gasteiger partial charge on any atom is -0.236 e. The molecule has 0 aliphatic carbocycles. The molecule has 0 aliphatic heterocycles. The van der Waals surface area contributed by atoms with E-state index in [1.807, 2.05) is 30.6 Å². The van der Waals surface area contributed by atoms with Gasteiger partial charge in [-0.3, -0.25) is 0 Å². The van der Waals surface area contributed by atoms with Gasteiger partial charge >= 0.3 is 0 Å². The zero-order valence-electron chi connectivity index (χ0n) is 22.9. The first-order valence-electron chi connectivity index (χ1n) is 14.2. The predicted molar refractivity (Wildman–Crippen MR) is 176 cm³/mol. The Hall–Kier alpha value is -5.60. The summed E-state index contributed by atoms with van der Waals surface area (Å²) in [6, 6.07) is 51.8. The van der Waals surface area contributed by atoms with Crippen LogP contribution in [0.2, 0.25) is 0 Å². The Morgan fingerprint density at radius 2 is 0.857 bits per heavy atom. The maximum absolute atomic E-state index is 4.80. The van der Waals surface area contributed by atoms with Crippen molar-refractivity contribution in [2.24, 2.45) is 0 Å². The number of hydrogen-bond acceptors (Lipinski definition) is 2. The quantitative estimate of drug-likeness (QED) is 0.210. The highest BCUT2D eigenvalue weighted by atomic mass is 14.9. The molecule has 42 heavy (non-hydrogen) atoms. The number of nitrogens with zero attached hydrogens (tertiary/aromatic N) is 2. The van der Waals surface area contributed by atoms with Gasteiger partial charge in [0.2, 0.25) is 0 Å². The molecule has 0 fully saturated rings. The van der Waals surface area contributed by atoms with Crippen molar-refractivity contribution in [2.75, 3.05) is 0 Å². The second kappa shape index (κ2) is 10.1. The second-order valence-electron chi connectivity index (χ2n) is 10.6. The molecule has 0 N–H and O–H groups in total. The first kappa shape index (κ1) is 24.2. The van der Waals surface area contributed by atoms with Crippen LogP contribution in [0, 0.1) is 0 Å². The summed E-state index contributed by atoms with van der Waals surface area (Å²) >= 11 is 0. The molecule has 0 unspecified atom stereocenters. The summed E-state index contributed by atoms with van der Waals surface area (Å²) in [5.41, 5.74) is 8.01. The van der Waals surface area contributed by atoms with Crippen molar-refractivity contribution >= 4 is 32.3 Å². The molecule has 0 atom stereocenters. The lowest BCUT2D eigenvalue weighted by molar-refractivity contribution is 1.18. The Balaban J connectivity index is 1.40. The summed E-state index contributed by atoms with van der Waals surface area (Å²) in [4.78, 5) is 9.60. The van der Waals surface area contributed by atoms with E-state index in [1.54, 1.807) is 0 Å². The highest BCUT2D eigenvalue weighted by Gasteiger charge is 2.18. The molecule has 0 amide bonds. The number of hydrogen-bond donors (Lipinski definition) is 0. The van der Waals surface area contributed by atoms with Gasteiger partial charge < -0.3 is 0 Å². The summed E-state index contributed by atoms with van der Waals surface area (Å²) in [5.74, 6) is 0.719. The molecule has 0 saturated carbocycles. The largest absolute Gasteiger partial charge is 0.236 e. The van der Waals surface area contributed by atoms with Crippen LogP contribution in [0.3, 0.4) is 0 Å². The van der Waals surface area contributed by atoms with E-state index >= 15 is 0 Å². The lowest BCUT2D eigenvalue weighted by atomic mass is 9.85. The van der Waals surface area contributed by atoms with Crippen LogP contribution in [0.15, 0.2) is 158 Å². The Morgan fingerprint density at radius 1 is 0.310 bits per heavy atom. The molecular formula is C40H26N2. The smallest absolute Gasteiger partial charge is 0.159 e. The van der Waals surface area contributed by atoms with Gasteiger partial charge in [-0.05, 0) is 72.3 Å². The van der Waals surface area contributed by atoms with E-state index in [2.05, 4.69) is 127 Å². The summed E-state index contributed by atoms with van der Waals surface area (Å²) in [6.45, 7) is 0. The molecule has 7 aromatic carbocycles. The van der Waals surface area contributed by atoms with Crippen LogP contribution in [0.1, 0.15) is 0 Å². The second-order valence-corrected chi connectivity index (χ2v) is 10.6. The topological polar surface area (TPSA) is 25.8 Å². The van der Waals surface area contributed by atoms with Gasteiger partial charge in [0, 0.05) is 23.5 Å². The molecule has 1 heterocycles. The molecular weight excluding hydrogens is 508 g/mol. The summed E-state index contributed by atoms with van der Waals surface area (Å²) in [7, 11) is 0. The third kappa shape index (κ3) is 4.13. The summed E-state index contributed by atoms with van der Waals surface area (Å²) < 4.78 is 0. The highest BCUT2D eigenvalue weighted by molar-refractivity contribution is 6.22. The van der Waals surface area contributed by atoms with Gasteiger partial charge in [0.1, 0.15) is 0 Å². The minimum absolute atomic E-state index is 0.719. The normalized spacial score (nSPS) is 11.3. The first-order valence-corrected chi connectivity index (χ1v) is 14.2. The lowest BCUT2D eigenvalue weighted by Gasteiger charge is -2.19. The van der Waals surface area contributed by atoms with E-state index in [-0.39, 0.29) is 0 Å². The van der Waals surface area contributed by atoms with Crippen LogP contribution < -0.4 is 0 Å². The van der Waals surface area contributed by atoms with Crippen LogP contribution >= 0.6 is 0 Å². The molecule has 0 aliphatic rings. The molecule has 8 rings (SSSR count). The monoisotopic (exact) mass is 534 g/mol. The maximum atomic E-state index is 4.80. The van der Waals surface area contributed by atoms with Crippen LogP contribution in [0.4, 0.5) is 0 Å². The fraction of sp³-hybridized carbons (Fsp3) is 0. The van der Waals surface area contributed by atoms with Crippen LogP contribution in [0.5, 0.6) is 0 Å². The van der Waals surface area contributed by atoms with Gasteiger partial charge in [0.05, 0.1) is 0 Å². The molecule has 0 bridgehead atoms. The van der Waals surface area contributed by atoms with Gasteiger partial charge in [-0.1, -0.05) is 133 Å². The first-order chi connectivity index (χ1) is 20.8. The standard InChI is InChI=1S/C40H26N2/c1-3-11-27(12-4-1)33-25-41-40(42-26-33)32-21-22-36-37(24-32)38(29-14-5-2-6-15-29)34-17-9-10-18-35(34)39(36)31-20-19-28-13-7-8-16-30(28)23-31/h1-26H. The van der Waals surface area contributed by atoms with E-state index in [4.69, 9.17) is 9.97 Å². The third-order valence-corrected chi connectivity index (χ3v) is 8.14. The van der Waals surface area contributed by atoms with Crippen molar-refractivity contribution in [1.29, 1.82) is 0 Å². The van der Waals surface area contributed by atoms with Gasteiger partial charge in [-0.25, -0.2) is 9.97 Å². The van der Waals surface area contributed by atoms with Crippen molar-refractivity contribution in [3.63, 3.8) is 0 Å². The van der Waals surface area contributed by atoms with Crippen molar-refractivity contribution < 1.29 is 0 Å². The van der Waals surface area contributed by atoms with Crippen molar-refractivity contribution in [1.82, 2.24) is 9.97 Å². The molecule has 2 nitrogen and oxygen atoms in total. The molecule has 0 saturated heterocycles. The molecule has 196 valence electrons. The Kier molecular flexibility index (Phi) is 5.82. The molecule has 2 heteroatoms. The zero-order valence-corrected chi connectivity index (χ0v) is 22.9. The fourth-order valence-corrected chi connectivity index (χ4v) is 6.15. The maximum Gasteiger partial charge on any atom is 0.159 e. The van der Waals surface area contributed by atoms with E-state index in [0.717, 1.165) is 22.5 Å². The van der Waals surface area contributed by atoms with Crippen molar-refractivity contribution in [3.8, 4) is 44.8 Å². The number of fused-ring (bicyclic) bond motifs is 3. The molecule has 8 aromatic rings. The number of rotatable bonds is 4. The highest BCUT2D eigenvalue weighted by Crippen LogP contribution is 2.45. The number of benzene rings is 7. The fourth-order valence-electron chi connectivity index (χ4n) is 6.15. The van der Waals surface area contributed by atoms with E-state index < -0.39 is 0 Å². The van der Waals surface area contributed by atoms with Gasteiger partial charge in [0.25, 0.3) is 0 Å². The van der Waals surface area contributed by atoms with Crippen molar-refractivity contribution in [2.45, 2.75) is 0 Å². The third-order valence-electron chi connectivity index (χ3n) is 8.14. The van der Waals surface area contributed by atoms with E-state index in [1.165, 1.54) is 54.6 Å². The average Bonchev–Trinajstić information content (AvgIpc) is 3.07. The zero-order chi connectivity index (χ0) is 27.9. The SMILES string of the molecule is c1ccc(-c2cnc(-c3ccc4c(-c5ccc6ccccc6c5)c5ccccc5c(-c5ccccc5)c4c3)nc2)cc1. The van der Waals surface area contributed by atoms with E-state index in [9.17, 15) is 0 Å². The number of aromatic nitrogens is 2. The van der Waals surface area contributed by atoms with Gasteiger partial charge in [-0.2, -0.15) is 0 Å². The van der Waals surface area contributed by atoms with Crippen LogP contribution in [0.25, 0.3) is 77.1 Å². The van der Waals surface area contributed by atoms with Gasteiger partial charge in [0.15, 0.2) is 5.82 Å². The minimum atomic E-state index is 0.719. The molecule has 1 aromatic heterocycles. The summed E-state index contributed by atoms with van der Waals surface area (Å²) in [6.07, 6.45) is 3.84. The van der Waals surface area contributed by atoms with Crippen LogP contribution in [-0.2, 0) is 0 Å². The lowest BCUT2D eigenvalue weighted by Crippen LogP contribution is -1.93. The van der Waals surface area contributed by atoms with Crippen molar-refractivity contribution in [3.05, 3.63) is 158 Å².